The standard InChI is InChI=1S/C2H5NO.Ta/c1-2(3)4;/h1H3,(H2,3,4);/p-1. The Morgan fingerprint density at radius 1 is 1.80 bits per heavy atom. The number of hydrogen-bond donors (Lipinski definition) is 0. The smallest absolute Gasteiger partial charge is 0.0456 e. The summed E-state index contributed by atoms with van der Waals surface area (Å²) < 4.78 is 0. The molecule has 0 heterocycles. The summed E-state index contributed by atoms with van der Waals surface area (Å²) in [6, 6.07) is 0. The molecule has 0 aromatic heterocycles. The van der Waals surface area contributed by atoms with E-state index in [2.05, 4.69) is 0 Å². The first-order valence-corrected chi connectivity index (χ1v) is 0.954. The van der Waals surface area contributed by atoms with Crippen LogP contribution in [0.5, 0.6) is 0 Å². The Kier molecular flexibility index (Phi) is 7.55. The Balaban J connectivity index is 0. The molecule has 0 bridgehead atoms. The second-order valence-corrected chi connectivity index (χ2v) is 0.556. The fourth-order valence-electron chi connectivity index (χ4n) is 0. The van der Waals surface area contributed by atoms with Crippen LogP contribution in [0.3, 0.4) is 0 Å². The Morgan fingerprint density at radius 3 is 1.80 bits per heavy atom. The summed E-state index contributed by atoms with van der Waals surface area (Å²) in [5.74, 6) is -0.583. The molecule has 0 aliphatic carbocycles. The van der Waals surface area contributed by atoms with Crippen molar-refractivity contribution in [3.63, 3.8) is 0 Å². The molecule has 0 saturated carbocycles. The molecule has 3 heteroatoms. The van der Waals surface area contributed by atoms with Crippen molar-refractivity contribution < 1.29 is 27.2 Å². The Labute approximate surface area is 46.2 Å². The van der Waals surface area contributed by atoms with E-state index in [1.807, 2.05) is 0 Å². The Bertz CT molecular complexity index is 32.6. The molecular weight excluding hydrogens is 235 g/mol. The van der Waals surface area contributed by atoms with Gasteiger partial charge in [0.25, 0.3) is 0 Å². The third kappa shape index (κ3) is 465. The Hall–Kier alpha value is 0.210. The summed E-state index contributed by atoms with van der Waals surface area (Å²) in [6.07, 6.45) is 0. The van der Waals surface area contributed by atoms with Gasteiger partial charge in [0.05, 0.1) is 0 Å². The van der Waals surface area contributed by atoms with E-state index < -0.39 is 5.91 Å². The number of carbonyl (C=O) groups is 1. The van der Waals surface area contributed by atoms with E-state index in [4.69, 9.17) is 10.5 Å². The second kappa shape index (κ2) is 4.21. The molecule has 0 aliphatic rings. The molecule has 0 unspecified atom stereocenters. The van der Waals surface area contributed by atoms with Gasteiger partial charge in [-0.25, -0.2) is 0 Å². The van der Waals surface area contributed by atoms with E-state index in [1.54, 1.807) is 0 Å². The molecule has 0 saturated heterocycles. The fraction of sp³-hybridized carbons (Fsp3) is 0.500. The van der Waals surface area contributed by atoms with Crippen LogP contribution in [-0.2, 0) is 27.2 Å². The molecule has 1 amide bonds. The molecule has 29 valence electrons. The quantitative estimate of drug-likeness (QED) is 0.609. The first kappa shape index (κ1) is 8.96. The second-order valence-electron chi connectivity index (χ2n) is 0.556. The van der Waals surface area contributed by atoms with Gasteiger partial charge < -0.3 is 10.5 Å². The van der Waals surface area contributed by atoms with Crippen LogP contribution in [0.2, 0.25) is 0 Å². The van der Waals surface area contributed by atoms with Gasteiger partial charge in [-0.1, -0.05) is 0 Å². The maximum absolute atomic E-state index is 9.11. The zero-order valence-corrected chi connectivity index (χ0v) is 6.07. The first-order chi connectivity index (χ1) is 1.73. The van der Waals surface area contributed by atoms with E-state index in [0.29, 0.717) is 0 Å². The van der Waals surface area contributed by atoms with Gasteiger partial charge in [0.2, 0.25) is 0 Å². The minimum absolute atomic E-state index is 0. The van der Waals surface area contributed by atoms with Gasteiger partial charge in [0, 0.05) is 28.3 Å². The van der Waals surface area contributed by atoms with Gasteiger partial charge in [-0.3, -0.25) is 0 Å². The molecule has 0 aromatic carbocycles. The average Bonchev–Trinajstić information content (AvgIpc) is 0.811. The van der Waals surface area contributed by atoms with Crippen molar-refractivity contribution in [2.24, 2.45) is 0 Å². The maximum atomic E-state index is 9.11. The predicted molar refractivity (Wildman–Crippen MR) is 15.0 cm³/mol. The summed E-state index contributed by atoms with van der Waals surface area (Å²) in [6.45, 7) is 1.19. The molecular formula is C2H4NOTa-. The molecule has 0 aliphatic heterocycles. The summed E-state index contributed by atoms with van der Waals surface area (Å²) in [5, 5.41) is 0. The van der Waals surface area contributed by atoms with Gasteiger partial charge in [-0.05, 0) is 6.92 Å². The van der Waals surface area contributed by atoms with Crippen LogP contribution in [-0.4, -0.2) is 5.91 Å². The molecule has 0 fully saturated rings. The van der Waals surface area contributed by atoms with Crippen molar-refractivity contribution in [2.45, 2.75) is 6.92 Å². The van der Waals surface area contributed by atoms with Crippen molar-refractivity contribution >= 4 is 5.91 Å². The van der Waals surface area contributed by atoms with Crippen LogP contribution >= 0.6 is 0 Å². The predicted octanol–water partition coefficient (Wildman–Crippen LogP) is 0.583. The normalized spacial score (nSPS) is 5.00. The molecule has 0 atom stereocenters. The molecule has 1 N–H and O–H groups in total. The van der Waals surface area contributed by atoms with Gasteiger partial charge in [0.15, 0.2) is 0 Å². The molecule has 0 aromatic rings. The topological polar surface area (TPSA) is 40.9 Å². The SMILES string of the molecule is CC([NH-])=O.[Ta]. The van der Waals surface area contributed by atoms with Crippen LogP contribution in [0.15, 0.2) is 0 Å². The van der Waals surface area contributed by atoms with Crippen molar-refractivity contribution in [1.82, 2.24) is 0 Å². The number of amides is 1. The summed E-state index contributed by atoms with van der Waals surface area (Å²) >= 11 is 0. The molecule has 0 rings (SSSR count). The van der Waals surface area contributed by atoms with Crippen LogP contribution in [0.4, 0.5) is 0 Å². The molecule has 2 nitrogen and oxygen atoms in total. The third-order valence-corrected chi connectivity index (χ3v) is 0. The van der Waals surface area contributed by atoms with E-state index >= 15 is 0 Å². The van der Waals surface area contributed by atoms with Crippen molar-refractivity contribution in [3.05, 3.63) is 5.73 Å². The van der Waals surface area contributed by atoms with Crippen LogP contribution in [0.25, 0.3) is 5.73 Å². The third-order valence-electron chi connectivity index (χ3n) is 0. The summed E-state index contributed by atoms with van der Waals surface area (Å²) in [4.78, 5) is 9.11. The van der Waals surface area contributed by atoms with E-state index in [1.165, 1.54) is 6.92 Å². The Morgan fingerprint density at radius 2 is 1.80 bits per heavy atom. The number of rotatable bonds is 0. The number of nitrogens with one attached hydrogen (secondary N) is 1. The number of carbonyl (C=O) groups excluding carboxylic acids is 1. The van der Waals surface area contributed by atoms with Gasteiger partial charge >= 0.3 is 0 Å². The zero-order valence-electron chi connectivity index (χ0n) is 2.86. The summed E-state index contributed by atoms with van der Waals surface area (Å²) in [5.41, 5.74) is 5.94. The van der Waals surface area contributed by atoms with E-state index in [9.17, 15) is 0 Å². The minimum atomic E-state index is -0.583. The maximum Gasteiger partial charge on any atom is 0.0456 e. The van der Waals surface area contributed by atoms with E-state index in [0.717, 1.165) is 0 Å². The van der Waals surface area contributed by atoms with Crippen LogP contribution < -0.4 is 0 Å². The van der Waals surface area contributed by atoms with Crippen molar-refractivity contribution in [2.75, 3.05) is 0 Å². The molecule has 1 radical (unpaired) electrons. The largest absolute Gasteiger partial charge is 0.668 e. The van der Waals surface area contributed by atoms with E-state index in [-0.39, 0.29) is 22.4 Å². The fourth-order valence-corrected chi connectivity index (χ4v) is 0. The molecule has 5 heavy (non-hydrogen) atoms. The van der Waals surface area contributed by atoms with Crippen molar-refractivity contribution in [3.8, 4) is 0 Å². The van der Waals surface area contributed by atoms with Crippen LogP contribution in [0, 0.1) is 0 Å². The monoisotopic (exact) mass is 239 g/mol. The zero-order chi connectivity index (χ0) is 3.58. The van der Waals surface area contributed by atoms with Gasteiger partial charge in [0.1, 0.15) is 0 Å². The average molecular weight is 239 g/mol. The minimum Gasteiger partial charge on any atom is -0.668 e. The first-order valence-electron chi connectivity index (χ1n) is 0.954. The van der Waals surface area contributed by atoms with Crippen molar-refractivity contribution in [1.29, 1.82) is 0 Å². The summed E-state index contributed by atoms with van der Waals surface area (Å²) in [7, 11) is 0. The number of hydrogen-bond acceptors (Lipinski definition) is 1. The van der Waals surface area contributed by atoms with Crippen LogP contribution in [0.1, 0.15) is 6.92 Å². The van der Waals surface area contributed by atoms with Gasteiger partial charge in [-0.15, -0.1) is 0 Å². The molecule has 0 spiro atoms. The van der Waals surface area contributed by atoms with Gasteiger partial charge in [-0.2, -0.15) is 0 Å².